The van der Waals surface area contributed by atoms with Gasteiger partial charge in [-0.3, -0.25) is 4.99 Å². The molecule has 0 radical (unpaired) electrons. The van der Waals surface area contributed by atoms with Crippen molar-refractivity contribution >= 4 is 51.2 Å². The van der Waals surface area contributed by atoms with E-state index < -0.39 is 0 Å². The molecule has 6 heteroatoms. The van der Waals surface area contributed by atoms with Gasteiger partial charge in [0.05, 0.1) is 5.69 Å². The third kappa shape index (κ3) is 2.21. The highest BCUT2D eigenvalue weighted by atomic mass is 79.9. The van der Waals surface area contributed by atoms with Crippen molar-refractivity contribution in [1.82, 2.24) is 9.97 Å². The summed E-state index contributed by atoms with van der Waals surface area (Å²) in [7, 11) is 0. The number of hydrogen-bond donors (Lipinski definition) is 2. The highest BCUT2D eigenvalue weighted by Crippen LogP contribution is 2.38. The number of nitrogens with one attached hydrogen (secondary N) is 1. The minimum Gasteiger partial charge on any atom is -0.492 e. The maximum absolute atomic E-state index is 9.77. The molecule has 0 atom stereocenters. The Morgan fingerprint density at radius 3 is 3.00 bits per heavy atom. The molecule has 0 saturated heterocycles. The first-order valence-corrected chi connectivity index (χ1v) is 7.58. The Morgan fingerprint density at radius 1 is 1.42 bits per heavy atom. The number of rotatable bonds is 2. The van der Waals surface area contributed by atoms with E-state index in [0.717, 1.165) is 21.3 Å². The molecule has 2 N–H and O–H groups in total. The molecule has 2 aromatic rings. The van der Waals surface area contributed by atoms with Crippen LogP contribution in [0.4, 0.5) is 5.69 Å². The van der Waals surface area contributed by atoms with Crippen LogP contribution in [0.5, 0.6) is 5.88 Å². The van der Waals surface area contributed by atoms with E-state index in [-0.39, 0.29) is 5.88 Å². The largest absolute Gasteiger partial charge is 0.492 e. The Bertz CT molecular complexity index is 706. The third-order valence-electron chi connectivity index (χ3n) is 2.81. The molecule has 1 aromatic heterocycles. The van der Waals surface area contributed by atoms with Crippen LogP contribution in [0.1, 0.15) is 11.3 Å². The van der Waals surface area contributed by atoms with E-state index in [0.29, 0.717) is 10.9 Å². The lowest BCUT2D eigenvalue weighted by Gasteiger charge is -2.00. The first-order valence-electron chi connectivity index (χ1n) is 5.56. The molecule has 0 amide bonds. The van der Waals surface area contributed by atoms with E-state index in [1.807, 2.05) is 30.5 Å². The van der Waals surface area contributed by atoms with Crippen molar-refractivity contribution in [3.8, 4) is 5.88 Å². The maximum atomic E-state index is 9.77. The number of halogens is 1. The van der Waals surface area contributed by atoms with E-state index in [2.05, 4.69) is 30.9 Å². The molecule has 0 saturated carbocycles. The average molecular weight is 336 g/mol. The number of fused-ring (bicyclic) bond motifs is 1. The summed E-state index contributed by atoms with van der Waals surface area (Å²) in [6, 6.07) is 5.92. The van der Waals surface area contributed by atoms with Gasteiger partial charge in [-0.25, -0.2) is 0 Å². The fourth-order valence-corrected chi connectivity index (χ4v) is 2.76. The van der Waals surface area contributed by atoms with Crippen molar-refractivity contribution in [2.45, 2.75) is 5.16 Å². The van der Waals surface area contributed by atoms with Gasteiger partial charge >= 0.3 is 0 Å². The van der Waals surface area contributed by atoms with Crippen LogP contribution >= 0.6 is 27.7 Å². The normalized spacial score (nSPS) is 15.2. The molecule has 1 aromatic carbocycles. The Labute approximate surface area is 122 Å². The smallest absolute Gasteiger partial charge is 0.237 e. The number of aliphatic imine (C=N–C) groups is 1. The summed E-state index contributed by atoms with van der Waals surface area (Å²) in [5, 5.41) is 10.5. The number of aromatic nitrogens is 2. The minimum absolute atomic E-state index is 0.00805. The van der Waals surface area contributed by atoms with Gasteiger partial charge in [-0.2, -0.15) is 4.98 Å². The predicted molar refractivity (Wildman–Crippen MR) is 82.2 cm³/mol. The fourth-order valence-electron chi connectivity index (χ4n) is 1.91. The van der Waals surface area contributed by atoms with E-state index in [4.69, 9.17) is 0 Å². The Hall–Kier alpha value is -1.53. The number of benzene rings is 1. The van der Waals surface area contributed by atoms with Crippen LogP contribution in [-0.4, -0.2) is 27.5 Å². The second-order valence-electron chi connectivity index (χ2n) is 3.98. The lowest BCUT2D eigenvalue weighted by atomic mass is 10.1. The zero-order chi connectivity index (χ0) is 13.4. The van der Waals surface area contributed by atoms with Gasteiger partial charge in [0.2, 0.25) is 5.88 Å². The van der Waals surface area contributed by atoms with Gasteiger partial charge in [-0.15, -0.1) is 0 Å². The van der Waals surface area contributed by atoms with E-state index in [9.17, 15) is 5.11 Å². The summed E-state index contributed by atoms with van der Waals surface area (Å²) >= 11 is 4.93. The molecule has 2 heterocycles. The number of aromatic hydroxyl groups is 1. The summed E-state index contributed by atoms with van der Waals surface area (Å²) < 4.78 is 0.961. The molecule has 0 bridgehead atoms. The van der Waals surface area contributed by atoms with E-state index >= 15 is 0 Å². The van der Waals surface area contributed by atoms with Crippen LogP contribution in [0.2, 0.25) is 0 Å². The molecular formula is C13H10BrN3OS. The number of nitrogens with zero attached hydrogens (tertiary/aromatic N) is 2. The van der Waals surface area contributed by atoms with Crippen molar-refractivity contribution in [1.29, 1.82) is 0 Å². The number of allylic oxidation sites excluding steroid dienone is 1. The lowest BCUT2D eigenvalue weighted by molar-refractivity contribution is 0.453. The quantitative estimate of drug-likeness (QED) is 0.819. The number of hydrogen-bond acceptors (Lipinski definition) is 4. The molecule has 19 heavy (non-hydrogen) atoms. The molecule has 1 aliphatic rings. The van der Waals surface area contributed by atoms with Crippen molar-refractivity contribution in [3.63, 3.8) is 0 Å². The molecular weight excluding hydrogens is 326 g/mol. The van der Waals surface area contributed by atoms with Crippen LogP contribution < -0.4 is 0 Å². The molecule has 0 spiro atoms. The Morgan fingerprint density at radius 2 is 2.26 bits per heavy atom. The molecule has 3 rings (SSSR count). The standard InChI is InChI=1S/C13H10BrN3OS/c1-19-13-16-10(12(18)17-13)5-7-6-15-11-8(7)3-2-4-9(11)14/h2-6,18H,1H3,(H,16,17). The second-order valence-corrected chi connectivity index (χ2v) is 5.63. The van der Waals surface area contributed by atoms with Gasteiger partial charge in [-0.1, -0.05) is 23.9 Å². The lowest BCUT2D eigenvalue weighted by Crippen LogP contribution is -1.82. The Balaban J connectivity index is 2.06. The van der Waals surface area contributed by atoms with Gasteiger partial charge in [0.15, 0.2) is 5.16 Å². The fraction of sp³-hybridized carbons (Fsp3) is 0.0769. The topological polar surface area (TPSA) is 61.3 Å². The highest BCUT2D eigenvalue weighted by molar-refractivity contribution is 9.10. The summed E-state index contributed by atoms with van der Waals surface area (Å²) in [5.41, 5.74) is 3.49. The molecule has 0 fully saturated rings. The zero-order valence-electron chi connectivity index (χ0n) is 10.0. The number of aromatic amines is 1. The van der Waals surface area contributed by atoms with E-state index in [1.165, 1.54) is 11.8 Å². The van der Waals surface area contributed by atoms with Crippen LogP contribution in [0.3, 0.4) is 0 Å². The summed E-state index contributed by atoms with van der Waals surface area (Å²) in [6.45, 7) is 0. The van der Waals surface area contributed by atoms with Gasteiger partial charge in [0.25, 0.3) is 0 Å². The average Bonchev–Trinajstić information content (AvgIpc) is 2.96. The number of para-hydroxylation sites is 1. The molecule has 4 nitrogen and oxygen atoms in total. The third-order valence-corrected chi connectivity index (χ3v) is 4.03. The summed E-state index contributed by atoms with van der Waals surface area (Å²) in [6.07, 6.45) is 5.54. The Kier molecular flexibility index (Phi) is 3.20. The molecule has 1 aliphatic heterocycles. The number of thioether (sulfide) groups is 1. The van der Waals surface area contributed by atoms with Gasteiger partial charge in [-0.05, 0) is 34.3 Å². The van der Waals surface area contributed by atoms with Crippen LogP contribution in [-0.2, 0) is 0 Å². The second kappa shape index (κ2) is 4.86. The minimum atomic E-state index is 0.00805. The first kappa shape index (κ1) is 12.5. The van der Waals surface area contributed by atoms with Crippen molar-refractivity contribution in [2.24, 2.45) is 4.99 Å². The monoisotopic (exact) mass is 335 g/mol. The van der Waals surface area contributed by atoms with Crippen molar-refractivity contribution < 1.29 is 5.11 Å². The van der Waals surface area contributed by atoms with Gasteiger partial charge < -0.3 is 10.1 Å². The van der Waals surface area contributed by atoms with Crippen molar-refractivity contribution in [2.75, 3.05) is 6.26 Å². The molecule has 96 valence electrons. The summed E-state index contributed by atoms with van der Waals surface area (Å²) in [4.78, 5) is 11.4. The molecule has 0 aliphatic carbocycles. The van der Waals surface area contributed by atoms with Gasteiger partial charge in [0, 0.05) is 21.8 Å². The predicted octanol–water partition coefficient (Wildman–Crippen LogP) is 3.86. The zero-order valence-corrected chi connectivity index (χ0v) is 12.4. The van der Waals surface area contributed by atoms with Crippen molar-refractivity contribution in [3.05, 3.63) is 33.9 Å². The highest BCUT2D eigenvalue weighted by Gasteiger charge is 2.16. The SMILES string of the molecule is CSc1nc(O)c(C=C2C=Nc3c(Br)cccc32)[nH]1. The summed E-state index contributed by atoms with van der Waals surface area (Å²) in [5.74, 6) is 0.00805. The van der Waals surface area contributed by atoms with Crippen LogP contribution in [0.25, 0.3) is 11.6 Å². The maximum Gasteiger partial charge on any atom is 0.237 e. The molecule has 0 unspecified atom stereocenters. The number of H-pyrrole nitrogens is 1. The van der Waals surface area contributed by atoms with Gasteiger partial charge in [0.1, 0.15) is 5.69 Å². The number of imidazole rings is 1. The first-order chi connectivity index (χ1) is 9.19. The van der Waals surface area contributed by atoms with Crippen LogP contribution in [0.15, 0.2) is 32.8 Å². The van der Waals surface area contributed by atoms with Crippen LogP contribution in [0, 0.1) is 0 Å². The van der Waals surface area contributed by atoms with E-state index in [1.54, 1.807) is 6.21 Å².